The Labute approximate surface area is 136 Å². The highest BCUT2D eigenvalue weighted by Gasteiger charge is 2.06. The number of anilines is 1. The van der Waals surface area contributed by atoms with Crippen LogP contribution < -0.4 is 5.32 Å². The van der Waals surface area contributed by atoms with Crippen LogP contribution in [-0.4, -0.2) is 10.9 Å². The van der Waals surface area contributed by atoms with Crippen LogP contribution in [0.1, 0.15) is 11.3 Å². The van der Waals surface area contributed by atoms with Crippen LogP contribution in [0.15, 0.2) is 57.8 Å². The molecule has 3 aromatic rings. The van der Waals surface area contributed by atoms with E-state index in [2.05, 4.69) is 26.2 Å². The Balaban J connectivity index is 1.82. The summed E-state index contributed by atoms with van der Waals surface area (Å²) in [4.78, 5) is 16.4. The van der Waals surface area contributed by atoms with E-state index in [0.717, 1.165) is 22.2 Å². The first kappa shape index (κ1) is 14.5. The predicted molar refractivity (Wildman–Crippen MR) is 90.6 cm³/mol. The van der Waals surface area contributed by atoms with E-state index in [4.69, 9.17) is 4.42 Å². The molecule has 0 radical (unpaired) electrons. The van der Waals surface area contributed by atoms with Gasteiger partial charge in [0.25, 0.3) is 0 Å². The van der Waals surface area contributed by atoms with Crippen molar-refractivity contribution in [2.75, 3.05) is 5.32 Å². The van der Waals surface area contributed by atoms with Gasteiger partial charge in [-0.2, -0.15) is 0 Å². The number of rotatable bonds is 3. The maximum absolute atomic E-state index is 12.0. The highest BCUT2D eigenvalue weighted by atomic mass is 79.9. The minimum Gasteiger partial charge on any atom is -0.450 e. The van der Waals surface area contributed by atoms with Gasteiger partial charge >= 0.3 is 0 Å². The third-order valence-corrected chi connectivity index (χ3v) is 3.65. The smallest absolute Gasteiger partial charge is 0.248 e. The van der Waals surface area contributed by atoms with Crippen LogP contribution in [0.5, 0.6) is 0 Å². The lowest BCUT2D eigenvalue weighted by atomic mass is 10.1. The zero-order valence-electron chi connectivity index (χ0n) is 11.8. The number of nitrogens with zero attached hydrogens (tertiary/aromatic N) is 1. The van der Waals surface area contributed by atoms with Crippen LogP contribution in [0.4, 0.5) is 5.69 Å². The molecule has 0 spiro atoms. The molecule has 22 heavy (non-hydrogen) atoms. The molecule has 0 aliphatic carbocycles. The minimum atomic E-state index is -0.221. The number of halogens is 1. The van der Waals surface area contributed by atoms with E-state index < -0.39 is 0 Å². The molecule has 1 N–H and O–H groups in total. The number of amides is 1. The van der Waals surface area contributed by atoms with Gasteiger partial charge in [0.15, 0.2) is 4.67 Å². The van der Waals surface area contributed by atoms with Crippen LogP contribution >= 0.6 is 15.9 Å². The zero-order chi connectivity index (χ0) is 15.5. The van der Waals surface area contributed by atoms with Gasteiger partial charge in [-0.15, -0.1) is 0 Å². The number of fused-ring (bicyclic) bond motifs is 1. The van der Waals surface area contributed by atoms with Crippen LogP contribution in [-0.2, 0) is 4.79 Å². The lowest BCUT2D eigenvalue weighted by Crippen LogP contribution is -2.08. The molecule has 1 aromatic carbocycles. The molecule has 0 aliphatic heterocycles. The number of nitrogens with one attached hydrogen (secondary N) is 1. The third kappa shape index (κ3) is 3.09. The molecular formula is C17H13BrN2O2. The second kappa shape index (κ2) is 6.15. The summed E-state index contributed by atoms with van der Waals surface area (Å²) in [5, 5.41) is 3.79. The molecule has 0 bridgehead atoms. The number of aromatic nitrogens is 1. The van der Waals surface area contributed by atoms with E-state index in [1.54, 1.807) is 24.4 Å². The Hall–Kier alpha value is -2.40. The number of carbonyl (C=O) groups is 1. The maximum Gasteiger partial charge on any atom is 0.248 e. The summed E-state index contributed by atoms with van der Waals surface area (Å²) in [6.45, 7) is 2.00. The van der Waals surface area contributed by atoms with Crippen molar-refractivity contribution < 1.29 is 9.21 Å². The fourth-order valence-corrected chi connectivity index (χ4v) is 2.49. The molecule has 3 rings (SSSR count). The van der Waals surface area contributed by atoms with Gasteiger partial charge in [0, 0.05) is 17.7 Å². The molecule has 4 nitrogen and oxygen atoms in total. The average molecular weight is 357 g/mol. The van der Waals surface area contributed by atoms with Crippen molar-refractivity contribution in [1.29, 1.82) is 0 Å². The van der Waals surface area contributed by atoms with Crippen LogP contribution in [0.25, 0.3) is 17.0 Å². The summed E-state index contributed by atoms with van der Waals surface area (Å²) >= 11 is 3.22. The van der Waals surface area contributed by atoms with E-state index in [0.29, 0.717) is 10.4 Å². The Morgan fingerprint density at radius 2 is 2.14 bits per heavy atom. The van der Waals surface area contributed by atoms with E-state index >= 15 is 0 Å². The Morgan fingerprint density at radius 1 is 1.27 bits per heavy atom. The molecule has 0 saturated carbocycles. The molecule has 0 unspecified atom stereocenters. The molecule has 5 heteroatoms. The van der Waals surface area contributed by atoms with Gasteiger partial charge in [-0.05, 0) is 64.8 Å². The monoisotopic (exact) mass is 356 g/mol. The molecule has 2 aromatic heterocycles. The van der Waals surface area contributed by atoms with Gasteiger partial charge in [0.05, 0.1) is 11.2 Å². The van der Waals surface area contributed by atoms with Crippen molar-refractivity contribution >= 4 is 44.5 Å². The van der Waals surface area contributed by atoms with Gasteiger partial charge in [0.2, 0.25) is 5.91 Å². The Bertz CT molecular complexity index is 868. The van der Waals surface area contributed by atoms with E-state index in [-0.39, 0.29) is 5.91 Å². The number of hydrogen-bond acceptors (Lipinski definition) is 3. The maximum atomic E-state index is 12.0. The quantitative estimate of drug-likeness (QED) is 0.700. The standard InChI is InChI=1S/C17H13BrN2O2/c1-11-4-7-14(13-3-2-10-19-17(11)13)20-16(21)9-6-12-5-8-15(18)22-12/h2-10H,1H3,(H,20,21)/b9-6+. The van der Waals surface area contributed by atoms with Gasteiger partial charge < -0.3 is 9.73 Å². The molecule has 0 aliphatic rings. The average Bonchev–Trinajstić information content (AvgIpc) is 2.94. The normalized spacial score (nSPS) is 11.2. The summed E-state index contributed by atoms with van der Waals surface area (Å²) in [5.41, 5.74) is 2.70. The first-order valence-corrected chi connectivity index (χ1v) is 7.51. The van der Waals surface area contributed by atoms with Crippen molar-refractivity contribution in [3.05, 3.63) is 64.7 Å². The lowest BCUT2D eigenvalue weighted by molar-refractivity contribution is -0.111. The molecule has 0 saturated heterocycles. The van der Waals surface area contributed by atoms with Gasteiger partial charge in [-0.1, -0.05) is 6.07 Å². The van der Waals surface area contributed by atoms with Crippen molar-refractivity contribution in [2.45, 2.75) is 6.92 Å². The Morgan fingerprint density at radius 3 is 2.91 bits per heavy atom. The summed E-state index contributed by atoms with van der Waals surface area (Å²) in [7, 11) is 0. The molecular weight excluding hydrogens is 344 g/mol. The van der Waals surface area contributed by atoms with Crippen molar-refractivity contribution in [1.82, 2.24) is 4.98 Å². The summed E-state index contributed by atoms with van der Waals surface area (Å²) in [5.74, 6) is 0.388. The summed E-state index contributed by atoms with van der Waals surface area (Å²) in [6.07, 6.45) is 4.80. The first-order valence-electron chi connectivity index (χ1n) is 6.72. The topological polar surface area (TPSA) is 55.1 Å². The van der Waals surface area contributed by atoms with Crippen LogP contribution in [0.3, 0.4) is 0 Å². The van der Waals surface area contributed by atoms with E-state index in [1.165, 1.54) is 6.08 Å². The lowest BCUT2D eigenvalue weighted by Gasteiger charge is -2.08. The van der Waals surface area contributed by atoms with Crippen LogP contribution in [0, 0.1) is 6.92 Å². The first-order chi connectivity index (χ1) is 10.6. The second-order valence-electron chi connectivity index (χ2n) is 4.79. The number of hydrogen-bond donors (Lipinski definition) is 1. The molecule has 0 fully saturated rings. The molecule has 1 amide bonds. The largest absolute Gasteiger partial charge is 0.450 e. The van der Waals surface area contributed by atoms with E-state index in [9.17, 15) is 4.79 Å². The number of benzene rings is 1. The summed E-state index contributed by atoms with van der Waals surface area (Å²) in [6, 6.07) is 11.2. The number of aryl methyl sites for hydroxylation is 1. The van der Waals surface area contributed by atoms with Crippen molar-refractivity contribution in [2.24, 2.45) is 0 Å². The zero-order valence-corrected chi connectivity index (χ0v) is 13.4. The van der Waals surface area contributed by atoms with Crippen molar-refractivity contribution in [3.8, 4) is 0 Å². The highest BCUT2D eigenvalue weighted by molar-refractivity contribution is 9.10. The SMILES string of the molecule is Cc1ccc(NC(=O)/C=C/c2ccc(Br)o2)c2cccnc12. The van der Waals surface area contributed by atoms with Gasteiger partial charge in [-0.25, -0.2) is 0 Å². The van der Waals surface area contributed by atoms with E-state index in [1.807, 2.05) is 31.2 Å². The Kier molecular flexibility index (Phi) is 4.06. The number of furan rings is 1. The van der Waals surface area contributed by atoms with Crippen LogP contribution in [0.2, 0.25) is 0 Å². The van der Waals surface area contributed by atoms with Crippen molar-refractivity contribution in [3.63, 3.8) is 0 Å². The van der Waals surface area contributed by atoms with Gasteiger partial charge in [0.1, 0.15) is 5.76 Å². The van der Waals surface area contributed by atoms with Gasteiger partial charge in [-0.3, -0.25) is 9.78 Å². The predicted octanol–water partition coefficient (Wildman–Crippen LogP) is 4.55. The number of pyridine rings is 1. The fourth-order valence-electron chi connectivity index (χ4n) is 2.17. The number of carbonyl (C=O) groups excluding carboxylic acids is 1. The third-order valence-electron chi connectivity index (χ3n) is 3.22. The second-order valence-corrected chi connectivity index (χ2v) is 5.58. The fraction of sp³-hybridized carbons (Fsp3) is 0.0588. The highest BCUT2D eigenvalue weighted by Crippen LogP contribution is 2.24. The molecule has 0 atom stereocenters. The summed E-state index contributed by atoms with van der Waals surface area (Å²) < 4.78 is 5.94. The molecule has 110 valence electrons. The molecule has 2 heterocycles. The minimum absolute atomic E-state index is 0.221.